The van der Waals surface area contributed by atoms with Crippen LogP contribution >= 0.6 is 0 Å². The molecule has 0 aromatic rings. The Balaban J connectivity index is 2.10. The normalized spacial score (nSPS) is 30.7. The maximum atomic E-state index is 5.45. The quantitative estimate of drug-likeness (QED) is 0.677. The lowest BCUT2D eigenvalue weighted by atomic mass is 9.90. The Labute approximate surface area is 106 Å². The predicted octanol–water partition coefficient (Wildman–Crippen LogP) is 0.968. The van der Waals surface area contributed by atoms with Crippen molar-refractivity contribution in [2.45, 2.75) is 32.4 Å². The van der Waals surface area contributed by atoms with Gasteiger partial charge in [0.25, 0.3) is 0 Å². The Morgan fingerprint density at radius 1 is 1.24 bits per heavy atom. The summed E-state index contributed by atoms with van der Waals surface area (Å²) in [6.07, 6.45) is 1.23. The molecule has 0 amide bonds. The summed E-state index contributed by atoms with van der Waals surface area (Å²) in [6.45, 7) is 8.90. The van der Waals surface area contributed by atoms with Gasteiger partial charge in [-0.05, 0) is 26.3 Å². The Bertz CT molecular complexity index is 202. The SMILES string of the molecule is COCCOCCNC1CC(C)N(C)CC1C. The van der Waals surface area contributed by atoms with Crippen LogP contribution in [0.1, 0.15) is 20.3 Å². The summed E-state index contributed by atoms with van der Waals surface area (Å²) in [4.78, 5) is 2.44. The molecular weight excluding hydrogens is 216 g/mol. The van der Waals surface area contributed by atoms with Gasteiger partial charge in [0.05, 0.1) is 19.8 Å². The average Bonchev–Trinajstić information content (AvgIpc) is 2.30. The predicted molar refractivity (Wildman–Crippen MR) is 70.4 cm³/mol. The first-order chi connectivity index (χ1) is 8.15. The minimum absolute atomic E-state index is 0.632. The molecule has 0 spiro atoms. The monoisotopic (exact) mass is 244 g/mol. The fraction of sp³-hybridized carbons (Fsp3) is 1.00. The first-order valence-electron chi connectivity index (χ1n) is 6.65. The van der Waals surface area contributed by atoms with Crippen LogP contribution in [0.25, 0.3) is 0 Å². The molecule has 102 valence electrons. The number of hydrogen-bond donors (Lipinski definition) is 1. The maximum absolute atomic E-state index is 5.45. The number of likely N-dealkylation sites (tertiary alicyclic amines) is 1. The van der Waals surface area contributed by atoms with Crippen molar-refractivity contribution >= 4 is 0 Å². The molecule has 0 radical (unpaired) electrons. The molecule has 1 N–H and O–H groups in total. The second-order valence-electron chi connectivity index (χ2n) is 5.17. The third kappa shape index (κ3) is 5.34. The van der Waals surface area contributed by atoms with Crippen molar-refractivity contribution < 1.29 is 9.47 Å². The van der Waals surface area contributed by atoms with Gasteiger partial charge in [0.1, 0.15) is 0 Å². The molecule has 0 aliphatic carbocycles. The third-order valence-corrected chi connectivity index (χ3v) is 3.70. The van der Waals surface area contributed by atoms with Crippen LogP contribution in [0.2, 0.25) is 0 Å². The number of nitrogens with one attached hydrogen (secondary N) is 1. The highest BCUT2D eigenvalue weighted by Gasteiger charge is 2.28. The number of nitrogens with zero attached hydrogens (tertiary/aromatic N) is 1. The van der Waals surface area contributed by atoms with E-state index in [0.717, 1.165) is 19.1 Å². The zero-order valence-corrected chi connectivity index (χ0v) is 11.7. The summed E-state index contributed by atoms with van der Waals surface area (Å²) < 4.78 is 10.4. The lowest BCUT2D eigenvalue weighted by Gasteiger charge is -2.40. The zero-order valence-electron chi connectivity index (χ0n) is 11.7. The van der Waals surface area contributed by atoms with E-state index in [-0.39, 0.29) is 0 Å². The van der Waals surface area contributed by atoms with Crippen LogP contribution in [-0.4, -0.2) is 64.1 Å². The van der Waals surface area contributed by atoms with E-state index in [2.05, 4.69) is 31.1 Å². The number of rotatable bonds is 7. The summed E-state index contributed by atoms with van der Waals surface area (Å²) in [6, 6.07) is 1.31. The first-order valence-corrected chi connectivity index (χ1v) is 6.65. The molecule has 1 aliphatic heterocycles. The minimum atomic E-state index is 0.632. The van der Waals surface area contributed by atoms with E-state index in [9.17, 15) is 0 Å². The van der Waals surface area contributed by atoms with Crippen molar-refractivity contribution in [3.05, 3.63) is 0 Å². The molecule has 3 atom stereocenters. The van der Waals surface area contributed by atoms with Gasteiger partial charge in [0.15, 0.2) is 0 Å². The molecule has 1 fully saturated rings. The van der Waals surface area contributed by atoms with Gasteiger partial charge in [-0.25, -0.2) is 0 Å². The van der Waals surface area contributed by atoms with Crippen molar-refractivity contribution in [1.82, 2.24) is 10.2 Å². The van der Waals surface area contributed by atoms with Crippen molar-refractivity contribution in [2.75, 3.05) is 47.1 Å². The molecule has 0 bridgehead atoms. The molecule has 1 aliphatic rings. The zero-order chi connectivity index (χ0) is 12.7. The standard InChI is InChI=1S/C13H28N2O2/c1-11-10-15(3)12(2)9-13(11)14-5-6-17-8-7-16-4/h11-14H,5-10H2,1-4H3. The van der Waals surface area contributed by atoms with Crippen molar-refractivity contribution in [1.29, 1.82) is 0 Å². The smallest absolute Gasteiger partial charge is 0.0700 e. The fourth-order valence-electron chi connectivity index (χ4n) is 2.39. The molecular formula is C13H28N2O2. The summed E-state index contributed by atoms with van der Waals surface area (Å²) in [7, 11) is 3.91. The number of ether oxygens (including phenoxy) is 2. The van der Waals surface area contributed by atoms with Gasteiger partial charge < -0.3 is 19.7 Å². The molecule has 0 aromatic heterocycles. The van der Waals surface area contributed by atoms with E-state index in [4.69, 9.17) is 9.47 Å². The third-order valence-electron chi connectivity index (χ3n) is 3.70. The van der Waals surface area contributed by atoms with Crippen LogP contribution in [0.5, 0.6) is 0 Å². The summed E-state index contributed by atoms with van der Waals surface area (Å²) >= 11 is 0. The summed E-state index contributed by atoms with van der Waals surface area (Å²) in [5, 5.41) is 3.61. The van der Waals surface area contributed by atoms with E-state index >= 15 is 0 Å². The highest BCUT2D eigenvalue weighted by atomic mass is 16.5. The van der Waals surface area contributed by atoms with E-state index in [0.29, 0.717) is 25.3 Å². The minimum Gasteiger partial charge on any atom is -0.382 e. The second-order valence-corrected chi connectivity index (χ2v) is 5.17. The van der Waals surface area contributed by atoms with Crippen LogP contribution in [0.4, 0.5) is 0 Å². The Morgan fingerprint density at radius 2 is 2.00 bits per heavy atom. The van der Waals surface area contributed by atoms with Crippen molar-refractivity contribution in [2.24, 2.45) is 5.92 Å². The molecule has 1 saturated heterocycles. The van der Waals surface area contributed by atoms with Gasteiger partial charge in [-0.3, -0.25) is 0 Å². The van der Waals surface area contributed by atoms with E-state index in [1.165, 1.54) is 13.0 Å². The van der Waals surface area contributed by atoms with Gasteiger partial charge in [0.2, 0.25) is 0 Å². The number of piperidine rings is 1. The van der Waals surface area contributed by atoms with Gasteiger partial charge in [0, 0.05) is 32.3 Å². The number of hydrogen-bond acceptors (Lipinski definition) is 4. The van der Waals surface area contributed by atoms with E-state index in [1.54, 1.807) is 7.11 Å². The molecule has 0 saturated carbocycles. The highest BCUT2D eigenvalue weighted by molar-refractivity contribution is 4.85. The first kappa shape index (κ1) is 14.9. The molecule has 3 unspecified atom stereocenters. The van der Waals surface area contributed by atoms with Crippen molar-refractivity contribution in [3.63, 3.8) is 0 Å². The summed E-state index contributed by atoms with van der Waals surface area (Å²) in [5.74, 6) is 0.718. The topological polar surface area (TPSA) is 33.7 Å². The average molecular weight is 244 g/mol. The van der Waals surface area contributed by atoms with Crippen LogP contribution in [0, 0.1) is 5.92 Å². The van der Waals surface area contributed by atoms with Gasteiger partial charge in [-0.1, -0.05) is 6.92 Å². The Kier molecular flexibility index (Phi) is 7.04. The van der Waals surface area contributed by atoms with E-state index in [1.807, 2.05) is 0 Å². The van der Waals surface area contributed by atoms with Gasteiger partial charge in [-0.2, -0.15) is 0 Å². The van der Waals surface area contributed by atoms with Crippen LogP contribution in [0.3, 0.4) is 0 Å². The molecule has 4 heteroatoms. The van der Waals surface area contributed by atoms with Crippen LogP contribution in [-0.2, 0) is 9.47 Å². The molecule has 0 aromatic carbocycles. The molecule has 17 heavy (non-hydrogen) atoms. The maximum Gasteiger partial charge on any atom is 0.0700 e. The Hall–Kier alpha value is -0.160. The van der Waals surface area contributed by atoms with Crippen molar-refractivity contribution in [3.8, 4) is 0 Å². The highest BCUT2D eigenvalue weighted by Crippen LogP contribution is 2.20. The molecule has 1 heterocycles. The largest absolute Gasteiger partial charge is 0.382 e. The lowest BCUT2D eigenvalue weighted by Crippen LogP contribution is -2.51. The van der Waals surface area contributed by atoms with Gasteiger partial charge >= 0.3 is 0 Å². The lowest BCUT2D eigenvalue weighted by molar-refractivity contribution is 0.0656. The summed E-state index contributed by atoms with van der Waals surface area (Å²) in [5.41, 5.74) is 0. The molecule has 4 nitrogen and oxygen atoms in total. The van der Waals surface area contributed by atoms with Crippen LogP contribution < -0.4 is 5.32 Å². The van der Waals surface area contributed by atoms with E-state index < -0.39 is 0 Å². The van der Waals surface area contributed by atoms with Gasteiger partial charge in [-0.15, -0.1) is 0 Å². The van der Waals surface area contributed by atoms with Crippen LogP contribution in [0.15, 0.2) is 0 Å². The Morgan fingerprint density at radius 3 is 2.71 bits per heavy atom. The molecule has 1 rings (SSSR count). The fourth-order valence-corrected chi connectivity index (χ4v) is 2.39. The number of methoxy groups -OCH3 is 1. The second kappa shape index (κ2) is 8.03.